The normalized spacial score (nSPS) is 13.8. The van der Waals surface area contributed by atoms with Crippen molar-refractivity contribution >= 4 is 17.2 Å². The van der Waals surface area contributed by atoms with Crippen LogP contribution in [-0.2, 0) is 0 Å². The number of thiophene rings is 1. The molecule has 1 aromatic rings. The van der Waals surface area contributed by atoms with E-state index in [0.29, 0.717) is 6.54 Å². The van der Waals surface area contributed by atoms with Gasteiger partial charge < -0.3 is 10.6 Å². The second-order valence-electron chi connectivity index (χ2n) is 4.86. The van der Waals surface area contributed by atoms with Gasteiger partial charge in [0.15, 0.2) is 0 Å². The summed E-state index contributed by atoms with van der Waals surface area (Å²) in [4.78, 5) is 16.1. The molecule has 2 rings (SSSR count). The van der Waals surface area contributed by atoms with E-state index in [1.165, 1.54) is 24.2 Å². The average Bonchev–Trinajstić information content (AvgIpc) is 3.10. The quantitative estimate of drug-likeness (QED) is 0.839. The van der Waals surface area contributed by atoms with Crippen molar-refractivity contribution in [3.63, 3.8) is 0 Å². The topological polar surface area (TPSA) is 46.3 Å². The maximum absolute atomic E-state index is 12.4. The molecule has 1 fully saturated rings. The standard InChI is InChI=1S/C15H20N2OS/c1-2-10-17(11-12-5-6-12)15(18)14-8-7-13(19-14)4-3-9-16/h7-8,12H,2,5-6,9-11,16H2,1H3. The number of hydrogen-bond acceptors (Lipinski definition) is 3. The summed E-state index contributed by atoms with van der Waals surface area (Å²) in [5.74, 6) is 6.67. The van der Waals surface area contributed by atoms with Crippen LogP contribution in [0.5, 0.6) is 0 Å². The molecule has 102 valence electrons. The first kappa shape index (κ1) is 14.1. The Morgan fingerprint density at radius 1 is 1.53 bits per heavy atom. The van der Waals surface area contributed by atoms with Crippen molar-refractivity contribution in [3.8, 4) is 11.8 Å². The van der Waals surface area contributed by atoms with Crippen LogP contribution < -0.4 is 5.73 Å². The molecule has 0 aromatic carbocycles. The maximum Gasteiger partial charge on any atom is 0.263 e. The Morgan fingerprint density at radius 3 is 2.95 bits per heavy atom. The average molecular weight is 276 g/mol. The molecule has 0 atom stereocenters. The number of carbonyl (C=O) groups excluding carboxylic acids is 1. The lowest BCUT2D eigenvalue weighted by molar-refractivity contribution is 0.0752. The van der Waals surface area contributed by atoms with Crippen LogP contribution in [0.15, 0.2) is 12.1 Å². The molecule has 1 aliphatic rings. The molecule has 0 spiro atoms. The highest BCUT2D eigenvalue weighted by molar-refractivity contribution is 7.14. The fraction of sp³-hybridized carbons (Fsp3) is 0.533. The first-order chi connectivity index (χ1) is 9.24. The molecule has 19 heavy (non-hydrogen) atoms. The molecule has 0 unspecified atom stereocenters. The number of hydrogen-bond donors (Lipinski definition) is 1. The van der Waals surface area contributed by atoms with Gasteiger partial charge in [-0.3, -0.25) is 4.79 Å². The van der Waals surface area contributed by atoms with Crippen LogP contribution in [0.4, 0.5) is 0 Å². The monoisotopic (exact) mass is 276 g/mol. The molecule has 1 heterocycles. The molecule has 0 saturated heterocycles. The summed E-state index contributed by atoms with van der Waals surface area (Å²) >= 11 is 1.46. The van der Waals surface area contributed by atoms with E-state index in [1.54, 1.807) is 0 Å². The van der Waals surface area contributed by atoms with Crippen LogP contribution in [0.1, 0.15) is 40.7 Å². The van der Waals surface area contributed by atoms with Crippen LogP contribution in [0.3, 0.4) is 0 Å². The highest BCUT2D eigenvalue weighted by Gasteiger charge is 2.27. The molecule has 1 aliphatic carbocycles. The highest BCUT2D eigenvalue weighted by Crippen LogP contribution is 2.30. The Labute approximate surface area is 118 Å². The molecule has 0 bridgehead atoms. The molecule has 4 heteroatoms. The van der Waals surface area contributed by atoms with Gasteiger partial charge in [-0.25, -0.2) is 0 Å². The summed E-state index contributed by atoms with van der Waals surface area (Å²) in [5, 5.41) is 0. The van der Waals surface area contributed by atoms with E-state index in [1.807, 2.05) is 17.0 Å². The molecule has 1 saturated carbocycles. The summed E-state index contributed by atoms with van der Waals surface area (Å²) in [6.07, 6.45) is 3.54. The van der Waals surface area contributed by atoms with E-state index < -0.39 is 0 Å². The smallest absolute Gasteiger partial charge is 0.263 e. The summed E-state index contributed by atoms with van der Waals surface area (Å²) in [6, 6.07) is 3.78. The van der Waals surface area contributed by atoms with Crippen LogP contribution >= 0.6 is 11.3 Å². The number of amides is 1. The second kappa shape index (κ2) is 6.74. The highest BCUT2D eigenvalue weighted by atomic mass is 32.1. The third-order valence-electron chi connectivity index (χ3n) is 3.09. The molecular formula is C15H20N2OS. The molecule has 0 aliphatic heterocycles. The van der Waals surface area contributed by atoms with E-state index in [4.69, 9.17) is 5.73 Å². The van der Waals surface area contributed by atoms with Crippen molar-refractivity contribution in [2.75, 3.05) is 19.6 Å². The van der Waals surface area contributed by atoms with Crippen molar-refractivity contribution in [1.82, 2.24) is 4.90 Å². The minimum absolute atomic E-state index is 0.152. The van der Waals surface area contributed by atoms with Crippen molar-refractivity contribution in [2.45, 2.75) is 26.2 Å². The van der Waals surface area contributed by atoms with Gasteiger partial charge in [0, 0.05) is 13.1 Å². The second-order valence-corrected chi connectivity index (χ2v) is 5.95. The third-order valence-corrected chi connectivity index (χ3v) is 4.08. The molecular weight excluding hydrogens is 256 g/mol. The maximum atomic E-state index is 12.4. The minimum atomic E-state index is 0.152. The van der Waals surface area contributed by atoms with Crippen molar-refractivity contribution in [1.29, 1.82) is 0 Å². The lowest BCUT2D eigenvalue weighted by Gasteiger charge is -2.21. The van der Waals surface area contributed by atoms with Crippen molar-refractivity contribution in [3.05, 3.63) is 21.9 Å². The molecule has 1 aromatic heterocycles. The summed E-state index contributed by atoms with van der Waals surface area (Å²) < 4.78 is 0. The van der Waals surface area contributed by atoms with E-state index in [0.717, 1.165) is 35.2 Å². The zero-order chi connectivity index (χ0) is 13.7. The zero-order valence-corrected chi connectivity index (χ0v) is 12.1. The molecule has 0 radical (unpaired) electrons. The fourth-order valence-corrected chi connectivity index (χ4v) is 2.82. The molecule has 2 N–H and O–H groups in total. The van der Waals surface area contributed by atoms with Crippen molar-refractivity contribution in [2.24, 2.45) is 11.7 Å². The third kappa shape index (κ3) is 4.09. The van der Waals surface area contributed by atoms with Gasteiger partial charge in [-0.15, -0.1) is 11.3 Å². The van der Waals surface area contributed by atoms with Gasteiger partial charge in [-0.2, -0.15) is 0 Å². The Hall–Kier alpha value is -1.31. The van der Waals surface area contributed by atoms with Gasteiger partial charge in [-0.05, 0) is 37.3 Å². The predicted molar refractivity (Wildman–Crippen MR) is 79.2 cm³/mol. The number of rotatable bonds is 5. The number of carbonyl (C=O) groups is 1. The first-order valence-electron chi connectivity index (χ1n) is 6.82. The zero-order valence-electron chi connectivity index (χ0n) is 11.3. The predicted octanol–water partition coefficient (Wildman–Crippen LogP) is 2.32. The SMILES string of the molecule is CCCN(CC1CC1)C(=O)c1ccc(C#CCN)s1. The minimum Gasteiger partial charge on any atom is -0.338 e. The van der Waals surface area contributed by atoms with Crippen LogP contribution in [0.2, 0.25) is 0 Å². The van der Waals surface area contributed by atoms with Gasteiger partial charge in [0.1, 0.15) is 0 Å². The van der Waals surface area contributed by atoms with E-state index in [-0.39, 0.29) is 5.91 Å². The van der Waals surface area contributed by atoms with Gasteiger partial charge in [-0.1, -0.05) is 18.8 Å². The number of nitrogens with zero attached hydrogens (tertiary/aromatic N) is 1. The van der Waals surface area contributed by atoms with Gasteiger partial charge in [0.05, 0.1) is 16.3 Å². The molecule has 1 amide bonds. The largest absolute Gasteiger partial charge is 0.338 e. The summed E-state index contributed by atoms with van der Waals surface area (Å²) in [6.45, 7) is 4.22. The van der Waals surface area contributed by atoms with Gasteiger partial charge >= 0.3 is 0 Å². The van der Waals surface area contributed by atoms with Gasteiger partial charge in [0.2, 0.25) is 0 Å². The van der Waals surface area contributed by atoms with E-state index in [9.17, 15) is 4.79 Å². The lowest BCUT2D eigenvalue weighted by atomic mass is 10.3. The van der Waals surface area contributed by atoms with Crippen LogP contribution in [-0.4, -0.2) is 30.4 Å². The van der Waals surface area contributed by atoms with E-state index >= 15 is 0 Å². The van der Waals surface area contributed by atoms with Crippen molar-refractivity contribution < 1.29 is 4.79 Å². The first-order valence-corrected chi connectivity index (χ1v) is 7.64. The Bertz CT molecular complexity index is 494. The lowest BCUT2D eigenvalue weighted by Crippen LogP contribution is -2.33. The van der Waals surface area contributed by atoms with E-state index in [2.05, 4.69) is 18.8 Å². The Balaban J connectivity index is 2.04. The van der Waals surface area contributed by atoms with Crippen LogP contribution in [0, 0.1) is 17.8 Å². The Kier molecular flexibility index (Phi) is 5.00. The summed E-state index contributed by atoms with van der Waals surface area (Å²) in [7, 11) is 0. The molecule has 3 nitrogen and oxygen atoms in total. The number of nitrogens with two attached hydrogens (primary N) is 1. The van der Waals surface area contributed by atoms with Gasteiger partial charge in [0.25, 0.3) is 5.91 Å². The summed E-state index contributed by atoms with van der Waals surface area (Å²) in [5.41, 5.74) is 5.35. The fourth-order valence-electron chi connectivity index (χ4n) is 1.97. The van der Waals surface area contributed by atoms with Crippen LogP contribution in [0.25, 0.3) is 0 Å². The Morgan fingerprint density at radius 2 is 2.32 bits per heavy atom.